The van der Waals surface area contributed by atoms with Crippen molar-refractivity contribution in [2.24, 2.45) is 5.73 Å². The third kappa shape index (κ3) is 5.41. The number of pyridine rings is 1. The lowest BCUT2D eigenvalue weighted by molar-refractivity contribution is 0.0950. The summed E-state index contributed by atoms with van der Waals surface area (Å²) >= 11 is 0. The molecule has 1 aliphatic rings. The highest BCUT2D eigenvalue weighted by Crippen LogP contribution is 2.33. The highest BCUT2D eigenvalue weighted by Gasteiger charge is 2.24. The van der Waals surface area contributed by atoms with Crippen LogP contribution in [0.1, 0.15) is 77.3 Å². The molecule has 1 aromatic carbocycles. The lowest BCUT2D eigenvalue weighted by atomic mass is 9.91. The molecule has 1 aliphatic carbocycles. The van der Waals surface area contributed by atoms with Crippen LogP contribution < -0.4 is 21.5 Å². The Morgan fingerprint density at radius 2 is 1.91 bits per heavy atom. The number of aromatic nitrogens is 1. The summed E-state index contributed by atoms with van der Waals surface area (Å²) in [6.07, 6.45) is 8.58. The van der Waals surface area contributed by atoms with Gasteiger partial charge < -0.3 is 26.3 Å². The Bertz CT molecular complexity index is 1140. The monoisotopic (exact) mass is 463 g/mol. The molecule has 1 aromatic heterocycles. The quantitative estimate of drug-likeness (QED) is 0.436. The van der Waals surface area contributed by atoms with Crippen LogP contribution in [0.2, 0.25) is 0 Å². The molecule has 34 heavy (non-hydrogen) atoms. The number of benzene rings is 1. The maximum Gasteiger partial charge on any atom is 0.253 e. The fourth-order valence-electron chi connectivity index (χ4n) is 5.01. The Morgan fingerprint density at radius 3 is 2.50 bits per heavy atom. The lowest BCUT2D eigenvalue weighted by Gasteiger charge is -2.37. The second-order valence-electron chi connectivity index (χ2n) is 9.14. The number of aromatic amines is 1. The minimum Gasteiger partial charge on any atom is -0.404 e. The maximum absolute atomic E-state index is 13.4. The van der Waals surface area contributed by atoms with Crippen molar-refractivity contribution < 1.29 is 4.79 Å². The first kappa shape index (κ1) is 25.3. The first-order valence-electron chi connectivity index (χ1n) is 12.1. The number of allylic oxidation sites excluding steroid dienone is 1. The molecule has 0 radical (unpaired) electrons. The number of H-pyrrole nitrogens is 1. The van der Waals surface area contributed by atoms with E-state index in [1.165, 1.54) is 31.7 Å². The second-order valence-corrected chi connectivity index (χ2v) is 9.14. The average Bonchev–Trinajstić information content (AvgIpc) is 2.81. The number of hydrogen-bond donors (Lipinski definition) is 4. The summed E-state index contributed by atoms with van der Waals surface area (Å²) in [6.45, 7) is 8.80. The minimum atomic E-state index is -0.249. The van der Waals surface area contributed by atoms with Crippen molar-refractivity contribution >= 4 is 23.4 Å². The predicted octanol–water partition coefficient (Wildman–Crippen LogP) is 4.34. The zero-order valence-electron chi connectivity index (χ0n) is 20.8. The number of amides is 1. The number of hydrogen-bond acceptors (Lipinski definition) is 5. The van der Waals surface area contributed by atoms with Gasteiger partial charge in [-0.05, 0) is 75.4 Å². The van der Waals surface area contributed by atoms with Gasteiger partial charge in [-0.15, -0.1) is 0 Å². The van der Waals surface area contributed by atoms with E-state index in [0.717, 1.165) is 47.5 Å². The molecule has 0 bridgehead atoms. The van der Waals surface area contributed by atoms with E-state index >= 15 is 0 Å². The summed E-state index contributed by atoms with van der Waals surface area (Å²) < 4.78 is 0. The molecular weight excluding hydrogens is 426 g/mol. The van der Waals surface area contributed by atoms with Crippen LogP contribution in [0.25, 0.3) is 5.57 Å². The highest BCUT2D eigenvalue weighted by atomic mass is 16.1. The van der Waals surface area contributed by atoms with Gasteiger partial charge in [-0.1, -0.05) is 19.3 Å². The standard InChI is InChI=1S/C27H37N5O2/c1-5-32(22-9-7-6-8-10-22)25-13-20(21(14-28)15-29)12-23(19(25)4)26(33)30-16-24-17(2)11-18(3)31-27(24)34/h11-15,22,28H,5-10,16,29H2,1-4H3,(H,30,33)(H,31,34). The molecule has 0 saturated heterocycles. The van der Waals surface area contributed by atoms with Gasteiger partial charge >= 0.3 is 0 Å². The number of rotatable bonds is 8. The maximum atomic E-state index is 13.4. The SMILES string of the molecule is CCN(c1cc(C(C=N)=CN)cc(C(=O)NCc2c(C)cc(C)[nH]c2=O)c1C)C1CCCCC1. The molecule has 3 rings (SSSR count). The molecule has 0 unspecified atom stereocenters. The second kappa shape index (κ2) is 11.2. The van der Waals surface area contributed by atoms with Crippen molar-refractivity contribution in [3.8, 4) is 0 Å². The zero-order valence-corrected chi connectivity index (χ0v) is 20.8. The smallest absolute Gasteiger partial charge is 0.253 e. The van der Waals surface area contributed by atoms with Crippen LogP contribution in [-0.2, 0) is 6.54 Å². The number of anilines is 1. The van der Waals surface area contributed by atoms with E-state index in [-0.39, 0.29) is 18.0 Å². The molecule has 0 spiro atoms. The van der Waals surface area contributed by atoms with Crippen LogP contribution in [-0.4, -0.2) is 29.7 Å². The molecule has 1 fully saturated rings. The summed E-state index contributed by atoms with van der Waals surface area (Å²) in [6, 6.07) is 6.17. The van der Waals surface area contributed by atoms with Gasteiger partial charge in [0.15, 0.2) is 0 Å². The van der Waals surface area contributed by atoms with E-state index in [4.69, 9.17) is 11.1 Å². The van der Waals surface area contributed by atoms with Crippen molar-refractivity contribution in [2.45, 2.75) is 72.4 Å². The summed E-state index contributed by atoms with van der Waals surface area (Å²) in [4.78, 5) is 31.0. The van der Waals surface area contributed by atoms with E-state index in [1.807, 2.05) is 32.9 Å². The first-order chi connectivity index (χ1) is 16.3. The van der Waals surface area contributed by atoms with Gasteiger partial charge in [0.05, 0.1) is 0 Å². The fraction of sp³-hybridized carbons (Fsp3) is 0.444. The number of nitrogens with zero attached hydrogens (tertiary/aromatic N) is 1. The summed E-state index contributed by atoms with van der Waals surface area (Å²) in [5.41, 5.74) is 11.5. The number of carbonyl (C=O) groups excluding carboxylic acids is 1. The summed E-state index contributed by atoms with van der Waals surface area (Å²) in [5, 5.41) is 10.7. The summed E-state index contributed by atoms with van der Waals surface area (Å²) in [7, 11) is 0. The number of aryl methyl sites for hydroxylation is 2. The molecule has 5 N–H and O–H groups in total. The Labute approximate surface area is 202 Å². The molecule has 1 amide bonds. The Balaban J connectivity index is 2.00. The van der Waals surface area contributed by atoms with E-state index in [1.54, 1.807) is 6.07 Å². The lowest BCUT2D eigenvalue weighted by Crippen LogP contribution is -2.37. The van der Waals surface area contributed by atoms with Crippen LogP contribution in [0.4, 0.5) is 5.69 Å². The van der Waals surface area contributed by atoms with E-state index in [9.17, 15) is 9.59 Å². The van der Waals surface area contributed by atoms with Gasteiger partial charge in [0.2, 0.25) is 0 Å². The number of nitrogens with two attached hydrogens (primary N) is 1. The predicted molar refractivity (Wildman–Crippen MR) is 140 cm³/mol. The van der Waals surface area contributed by atoms with Gasteiger partial charge in [0, 0.05) is 59.6 Å². The fourth-order valence-corrected chi connectivity index (χ4v) is 5.01. The van der Waals surface area contributed by atoms with Gasteiger partial charge in [0.25, 0.3) is 11.5 Å². The van der Waals surface area contributed by atoms with Crippen LogP contribution in [0.5, 0.6) is 0 Å². The average molecular weight is 464 g/mol. The number of nitrogens with one attached hydrogen (secondary N) is 3. The topological polar surface area (TPSA) is 115 Å². The first-order valence-corrected chi connectivity index (χ1v) is 12.1. The van der Waals surface area contributed by atoms with Crippen LogP contribution >= 0.6 is 0 Å². The molecule has 2 aromatic rings. The molecule has 182 valence electrons. The third-order valence-corrected chi connectivity index (χ3v) is 6.88. The molecule has 0 aliphatic heterocycles. The molecular formula is C27H37N5O2. The van der Waals surface area contributed by atoms with Gasteiger partial charge in [0.1, 0.15) is 0 Å². The molecule has 1 saturated carbocycles. The Hall–Kier alpha value is -3.35. The van der Waals surface area contributed by atoms with Gasteiger partial charge in [-0.2, -0.15) is 0 Å². The van der Waals surface area contributed by atoms with Crippen molar-refractivity contribution in [2.75, 3.05) is 11.4 Å². The Kier molecular flexibility index (Phi) is 8.31. The van der Waals surface area contributed by atoms with E-state index in [0.29, 0.717) is 22.7 Å². The Morgan fingerprint density at radius 1 is 1.21 bits per heavy atom. The third-order valence-electron chi connectivity index (χ3n) is 6.88. The van der Waals surface area contributed by atoms with Crippen molar-refractivity contribution in [3.05, 3.63) is 68.3 Å². The zero-order chi connectivity index (χ0) is 24.8. The van der Waals surface area contributed by atoms with Crippen LogP contribution in [0, 0.1) is 26.2 Å². The van der Waals surface area contributed by atoms with Crippen LogP contribution in [0.15, 0.2) is 29.2 Å². The molecule has 7 heteroatoms. The highest BCUT2D eigenvalue weighted by molar-refractivity contribution is 6.10. The largest absolute Gasteiger partial charge is 0.404 e. The molecule has 1 heterocycles. The minimum absolute atomic E-state index is 0.142. The van der Waals surface area contributed by atoms with Gasteiger partial charge in [-0.25, -0.2) is 0 Å². The van der Waals surface area contributed by atoms with Crippen molar-refractivity contribution in [1.29, 1.82) is 5.41 Å². The molecule has 7 nitrogen and oxygen atoms in total. The number of carbonyl (C=O) groups is 1. The summed E-state index contributed by atoms with van der Waals surface area (Å²) in [5.74, 6) is -0.249. The van der Waals surface area contributed by atoms with Gasteiger partial charge in [-0.3, -0.25) is 9.59 Å². The van der Waals surface area contributed by atoms with Crippen LogP contribution in [0.3, 0.4) is 0 Å². The van der Waals surface area contributed by atoms with E-state index < -0.39 is 0 Å². The normalized spacial score (nSPS) is 14.6. The van der Waals surface area contributed by atoms with Crippen molar-refractivity contribution in [1.82, 2.24) is 10.3 Å². The van der Waals surface area contributed by atoms with Crippen molar-refractivity contribution in [3.63, 3.8) is 0 Å². The molecule has 0 atom stereocenters. The van der Waals surface area contributed by atoms with E-state index in [2.05, 4.69) is 22.1 Å².